The molecular weight excluding hydrogens is 224 g/mol. The Bertz CT molecular complexity index is 336. The van der Waals surface area contributed by atoms with Gasteiger partial charge in [0.1, 0.15) is 6.61 Å². The first-order valence-electron chi connectivity index (χ1n) is 5.24. The fourth-order valence-electron chi connectivity index (χ4n) is 1.47. The molecule has 0 fully saturated rings. The lowest BCUT2D eigenvalue weighted by atomic mass is 10.2. The molecule has 0 saturated carbocycles. The Morgan fingerprint density at radius 3 is 2.35 bits per heavy atom. The molecule has 1 aromatic carbocycles. The van der Waals surface area contributed by atoms with Gasteiger partial charge in [-0.3, -0.25) is 0 Å². The van der Waals surface area contributed by atoms with Crippen LogP contribution in [0.5, 0.6) is 11.5 Å². The summed E-state index contributed by atoms with van der Waals surface area (Å²) in [5.74, 6) is 1.16. The maximum absolute atomic E-state index is 8.70. The molecule has 0 amide bonds. The normalized spacial score (nSPS) is 10.6. The van der Waals surface area contributed by atoms with Gasteiger partial charge in [-0.05, 0) is 12.1 Å². The highest BCUT2D eigenvalue weighted by Gasteiger charge is 2.12. The van der Waals surface area contributed by atoms with E-state index < -0.39 is 6.29 Å². The fourth-order valence-corrected chi connectivity index (χ4v) is 1.47. The van der Waals surface area contributed by atoms with Gasteiger partial charge in [0.25, 0.3) is 0 Å². The molecule has 1 aromatic rings. The van der Waals surface area contributed by atoms with Crippen LogP contribution in [-0.2, 0) is 9.47 Å². The molecule has 0 atom stereocenters. The summed E-state index contributed by atoms with van der Waals surface area (Å²) < 4.78 is 20.8. The highest BCUT2D eigenvalue weighted by molar-refractivity contribution is 5.43. The topological polar surface area (TPSA) is 57.2 Å². The molecular formula is C12H18O5. The van der Waals surface area contributed by atoms with Gasteiger partial charge in [-0.2, -0.15) is 0 Å². The van der Waals surface area contributed by atoms with Gasteiger partial charge in [0.15, 0.2) is 17.8 Å². The number of benzene rings is 1. The Kier molecular flexibility index (Phi) is 5.76. The van der Waals surface area contributed by atoms with Crippen LogP contribution in [0.15, 0.2) is 18.2 Å². The van der Waals surface area contributed by atoms with Gasteiger partial charge >= 0.3 is 0 Å². The first-order chi connectivity index (χ1) is 8.26. The molecule has 0 radical (unpaired) electrons. The molecule has 0 aliphatic rings. The van der Waals surface area contributed by atoms with Crippen LogP contribution in [0.2, 0.25) is 0 Å². The van der Waals surface area contributed by atoms with Crippen molar-refractivity contribution in [3.05, 3.63) is 23.8 Å². The monoisotopic (exact) mass is 242 g/mol. The SMILES string of the molecule is COc1cc(C(OC)OC)ccc1OCCO. The third kappa shape index (κ3) is 3.59. The predicted molar refractivity (Wildman–Crippen MR) is 62.3 cm³/mol. The maximum atomic E-state index is 8.70. The number of ether oxygens (including phenoxy) is 4. The van der Waals surface area contributed by atoms with E-state index in [0.29, 0.717) is 11.5 Å². The molecule has 5 nitrogen and oxygen atoms in total. The minimum absolute atomic E-state index is 0.0380. The number of aliphatic hydroxyl groups excluding tert-OH is 1. The minimum atomic E-state index is -0.434. The molecule has 0 heterocycles. The summed E-state index contributed by atoms with van der Waals surface area (Å²) in [6.07, 6.45) is -0.434. The summed E-state index contributed by atoms with van der Waals surface area (Å²) in [7, 11) is 4.69. The minimum Gasteiger partial charge on any atom is -0.493 e. The van der Waals surface area contributed by atoms with Gasteiger partial charge < -0.3 is 24.1 Å². The molecule has 0 aliphatic carbocycles. The number of methoxy groups -OCH3 is 3. The van der Waals surface area contributed by atoms with Crippen molar-refractivity contribution in [1.82, 2.24) is 0 Å². The molecule has 17 heavy (non-hydrogen) atoms. The first-order valence-corrected chi connectivity index (χ1v) is 5.24. The molecule has 1 rings (SSSR count). The van der Waals surface area contributed by atoms with E-state index in [1.165, 1.54) is 0 Å². The van der Waals surface area contributed by atoms with Crippen LogP contribution in [0.3, 0.4) is 0 Å². The highest BCUT2D eigenvalue weighted by Crippen LogP contribution is 2.31. The molecule has 0 spiro atoms. The van der Waals surface area contributed by atoms with E-state index in [1.807, 2.05) is 6.07 Å². The Morgan fingerprint density at radius 1 is 1.12 bits per heavy atom. The molecule has 0 unspecified atom stereocenters. The van der Waals surface area contributed by atoms with E-state index in [-0.39, 0.29) is 13.2 Å². The van der Waals surface area contributed by atoms with E-state index in [9.17, 15) is 0 Å². The van der Waals surface area contributed by atoms with E-state index in [0.717, 1.165) is 5.56 Å². The molecule has 0 bridgehead atoms. The average Bonchev–Trinajstić information content (AvgIpc) is 2.38. The Balaban J connectivity index is 2.90. The summed E-state index contributed by atoms with van der Waals surface area (Å²) in [6, 6.07) is 5.37. The number of rotatable bonds is 7. The average molecular weight is 242 g/mol. The van der Waals surface area contributed by atoms with Crippen molar-refractivity contribution in [2.45, 2.75) is 6.29 Å². The van der Waals surface area contributed by atoms with Crippen LogP contribution in [0.25, 0.3) is 0 Å². The van der Waals surface area contributed by atoms with Crippen LogP contribution < -0.4 is 9.47 Å². The van der Waals surface area contributed by atoms with Crippen LogP contribution in [0.1, 0.15) is 11.9 Å². The first kappa shape index (κ1) is 13.8. The Morgan fingerprint density at radius 2 is 1.82 bits per heavy atom. The highest BCUT2D eigenvalue weighted by atomic mass is 16.7. The van der Waals surface area contributed by atoms with Gasteiger partial charge in [0.2, 0.25) is 0 Å². The summed E-state index contributed by atoms with van der Waals surface area (Å²) in [4.78, 5) is 0. The van der Waals surface area contributed by atoms with Crippen LogP contribution in [0, 0.1) is 0 Å². The summed E-state index contributed by atoms with van der Waals surface area (Å²) in [5.41, 5.74) is 0.836. The molecule has 96 valence electrons. The fraction of sp³-hybridized carbons (Fsp3) is 0.500. The summed E-state index contributed by atoms with van der Waals surface area (Å²) >= 11 is 0. The second-order valence-corrected chi connectivity index (χ2v) is 3.29. The van der Waals surface area contributed by atoms with Gasteiger partial charge in [0.05, 0.1) is 13.7 Å². The van der Waals surface area contributed by atoms with Gasteiger partial charge in [0, 0.05) is 19.8 Å². The molecule has 0 aromatic heterocycles. The van der Waals surface area contributed by atoms with Gasteiger partial charge in [-0.15, -0.1) is 0 Å². The van der Waals surface area contributed by atoms with Crippen LogP contribution in [-0.4, -0.2) is 39.6 Å². The zero-order valence-electron chi connectivity index (χ0n) is 10.3. The van der Waals surface area contributed by atoms with Gasteiger partial charge in [-0.25, -0.2) is 0 Å². The third-order valence-corrected chi connectivity index (χ3v) is 2.24. The summed E-state index contributed by atoms with van der Waals surface area (Å²) in [5, 5.41) is 8.70. The molecule has 5 heteroatoms. The van der Waals surface area contributed by atoms with Crippen LogP contribution >= 0.6 is 0 Å². The van der Waals surface area contributed by atoms with E-state index in [2.05, 4.69) is 0 Å². The second kappa shape index (κ2) is 7.11. The standard InChI is InChI=1S/C12H18O5/c1-14-11-8-9(12(15-2)16-3)4-5-10(11)17-7-6-13/h4-5,8,12-13H,6-7H2,1-3H3. The van der Waals surface area contributed by atoms with Crippen molar-refractivity contribution in [1.29, 1.82) is 0 Å². The zero-order chi connectivity index (χ0) is 12.7. The van der Waals surface area contributed by atoms with E-state index in [1.54, 1.807) is 33.5 Å². The van der Waals surface area contributed by atoms with E-state index in [4.69, 9.17) is 24.1 Å². The zero-order valence-corrected chi connectivity index (χ0v) is 10.3. The number of hydrogen-bond acceptors (Lipinski definition) is 5. The third-order valence-electron chi connectivity index (χ3n) is 2.24. The predicted octanol–water partition coefficient (Wildman–Crippen LogP) is 1.36. The Hall–Kier alpha value is -1.30. The van der Waals surface area contributed by atoms with E-state index >= 15 is 0 Å². The van der Waals surface area contributed by atoms with Crippen molar-refractivity contribution in [3.8, 4) is 11.5 Å². The van der Waals surface area contributed by atoms with Crippen molar-refractivity contribution in [2.75, 3.05) is 34.5 Å². The quantitative estimate of drug-likeness (QED) is 0.731. The lowest BCUT2D eigenvalue weighted by Gasteiger charge is -2.16. The number of aliphatic hydroxyl groups is 1. The second-order valence-electron chi connectivity index (χ2n) is 3.29. The largest absolute Gasteiger partial charge is 0.493 e. The summed E-state index contributed by atoms with van der Waals surface area (Å²) in [6.45, 7) is 0.192. The van der Waals surface area contributed by atoms with Crippen molar-refractivity contribution in [3.63, 3.8) is 0 Å². The molecule has 0 aliphatic heterocycles. The van der Waals surface area contributed by atoms with Crippen molar-refractivity contribution in [2.24, 2.45) is 0 Å². The lowest BCUT2D eigenvalue weighted by Crippen LogP contribution is -2.06. The smallest absolute Gasteiger partial charge is 0.183 e. The van der Waals surface area contributed by atoms with Crippen molar-refractivity contribution >= 4 is 0 Å². The molecule has 0 saturated heterocycles. The molecule has 1 N–H and O–H groups in total. The maximum Gasteiger partial charge on any atom is 0.183 e. The Labute approximate surface area is 101 Å². The van der Waals surface area contributed by atoms with Crippen LogP contribution in [0.4, 0.5) is 0 Å². The number of hydrogen-bond donors (Lipinski definition) is 1. The lowest BCUT2D eigenvalue weighted by molar-refractivity contribution is -0.106. The van der Waals surface area contributed by atoms with Gasteiger partial charge in [-0.1, -0.05) is 6.07 Å². The van der Waals surface area contributed by atoms with Crippen molar-refractivity contribution < 1.29 is 24.1 Å².